The average molecular weight is 917 g/mol. The first-order valence-corrected chi connectivity index (χ1v) is 24.4. The van der Waals surface area contributed by atoms with Crippen molar-refractivity contribution in [3.05, 3.63) is 227 Å². The predicted octanol–water partition coefficient (Wildman–Crippen LogP) is 17.9. The van der Waals surface area contributed by atoms with E-state index in [9.17, 15) is 0 Å². The Balaban J connectivity index is 0.976. The summed E-state index contributed by atoms with van der Waals surface area (Å²) in [6.45, 7) is 9.04. The quantitative estimate of drug-likeness (QED) is 0.175. The van der Waals surface area contributed by atoms with Crippen LogP contribution in [-0.2, 0) is 11.0 Å². The first-order chi connectivity index (χ1) is 34.3. The van der Waals surface area contributed by atoms with Crippen molar-refractivity contribution in [1.82, 2.24) is 0 Å². The number of aryl methyl sites for hydroxylation is 2. The van der Waals surface area contributed by atoms with Crippen molar-refractivity contribution in [2.24, 2.45) is 0 Å². The summed E-state index contributed by atoms with van der Waals surface area (Å²) < 4.78 is 39.2. The van der Waals surface area contributed by atoms with Crippen molar-refractivity contribution >= 4 is 16.8 Å². The monoisotopic (exact) mass is 916 g/mol. The van der Waals surface area contributed by atoms with Crippen molar-refractivity contribution in [2.75, 3.05) is 0 Å². The molecule has 0 aromatic heterocycles. The number of ether oxygens (including phenoxy) is 6. The molecule has 1 spiro atoms. The molecule has 12 bridgehead atoms. The first kappa shape index (κ1) is 43.1. The van der Waals surface area contributed by atoms with E-state index in [1.54, 1.807) is 0 Å². The lowest BCUT2D eigenvalue weighted by molar-refractivity contribution is 0.163. The van der Waals surface area contributed by atoms with E-state index in [2.05, 4.69) is 101 Å². The van der Waals surface area contributed by atoms with Crippen LogP contribution in [0.2, 0.25) is 0 Å². The molecule has 1 aliphatic carbocycles. The highest BCUT2D eigenvalue weighted by Gasteiger charge is 2.47. The van der Waals surface area contributed by atoms with Gasteiger partial charge in [-0.2, -0.15) is 0 Å². The van der Waals surface area contributed by atoms with E-state index in [4.69, 9.17) is 28.4 Å². The Labute approximate surface area is 409 Å². The minimum Gasteiger partial charge on any atom is -0.472 e. The van der Waals surface area contributed by atoms with Gasteiger partial charge in [0.25, 0.3) is 0 Å². The summed E-state index contributed by atoms with van der Waals surface area (Å²) >= 11 is 0. The van der Waals surface area contributed by atoms with Crippen LogP contribution in [0.4, 0.5) is 0 Å². The minimum atomic E-state index is -1.00. The predicted molar refractivity (Wildman–Crippen MR) is 279 cm³/mol. The first-order valence-electron chi connectivity index (χ1n) is 24.4. The zero-order valence-corrected chi connectivity index (χ0v) is 39.8. The van der Waals surface area contributed by atoms with E-state index in [1.807, 2.05) is 121 Å². The molecule has 0 amide bonds. The summed E-state index contributed by atoms with van der Waals surface area (Å²) in [7, 11) is 0. The maximum Gasteiger partial charge on any atom is 0.178 e. The van der Waals surface area contributed by atoms with Gasteiger partial charge in [-0.3, -0.25) is 0 Å². The van der Waals surface area contributed by atoms with Crippen LogP contribution in [0.5, 0.6) is 63.2 Å². The molecule has 9 aromatic rings. The number of hydrogen-bond acceptors (Lipinski definition) is 6. The lowest BCUT2D eigenvalue weighted by Gasteiger charge is -2.40. The highest BCUT2D eigenvalue weighted by molar-refractivity contribution is 6.09. The van der Waals surface area contributed by atoms with Gasteiger partial charge in [0.15, 0.2) is 5.60 Å². The van der Waals surface area contributed by atoms with E-state index < -0.39 is 5.60 Å². The number of hydrogen-bond donors (Lipinski definition) is 0. The standard InChI is InChI=1S/C64H52O6/c1-5-36-63(37-6-2)59-40-42(4)8-34-56(59)60-55-33-7-41(3)39-58(55)62-57(61(60)63)35-38-64(70-62)43-9-13-45(14-10-43)65-47-17-21-49(22-18-47)67-51-25-29-53(30-26-51)69-54-31-27-52(28-32-54)68-50-23-19-48(20-24-50)66-46-15-11-44(64)12-16-46/h7-35,38-40H,5-6,36-37H2,1-4H3. The molecule has 9 aromatic carbocycles. The fourth-order valence-electron chi connectivity index (χ4n) is 10.9. The molecule has 0 radical (unpaired) electrons. The third-order valence-electron chi connectivity index (χ3n) is 14.0. The van der Waals surface area contributed by atoms with Crippen LogP contribution in [0.25, 0.3) is 28.0 Å². The summed E-state index contributed by atoms with van der Waals surface area (Å²) in [6.07, 6.45) is 8.88. The Hall–Kier alpha value is -8.22. The van der Waals surface area contributed by atoms with Crippen molar-refractivity contribution in [2.45, 2.75) is 64.4 Å². The lowest BCUT2D eigenvalue weighted by Crippen LogP contribution is -2.35. The van der Waals surface area contributed by atoms with Crippen LogP contribution in [0.3, 0.4) is 0 Å². The van der Waals surface area contributed by atoms with Crippen molar-refractivity contribution in [3.8, 4) is 74.4 Å². The Morgan fingerprint density at radius 3 is 1.17 bits per heavy atom. The molecule has 0 saturated carbocycles. The molecular formula is C64H52O6. The summed E-state index contributed by atoms with van der Waals surface area (Å²) in [5.74, 6) is 7.84. The third-order valence-corrected chi connectivity index (χ3v) is 14.0. The molecule has 11 aliphatic heterocycles. The Bertz CT molecular complexity index is 3280. The molecule has 6 heteroatoms. The molecule has 0 saturated heterocycles. The van der Waals surface area contributed by atoms with Gasteiger partial charge in [-0.15, -0.1) is 0 Å². The molecule has 0 fully saturated rings. The summed E-state index contributed by atoms with van der Waals surface area (Å²) in [5, 5.41) is 2.34. The Kier molecular flexibility index (Phi) is 10.7. The van der Waals surface area contributed by atoms with Crippen LogP contribution in [0.1, 0.15) is 78.5 Å². The van der Waals surface area contributed by atoms with Crippen LogP contribution in [-0.4, -0.2) is 0 Å². The molecule has 6 nitrogen and oxygen atoms in total. The minimum absolute atomic E-state index is 0.149. The van der Waals surface area contributed by atoms with Gasteiger partial charge in [-0.1, -0.05) is 98.5 Å². The molecule has 0 unspecified atom stereocenters. The number of fused-ring (bicyclic) bond motifs is 8. The SMILES string of the molecule is CCCC1(CCC)c2cc(C)ccc2-c2c1c1c(c3cc(C)ccc23)OC2(C=C1)c1ccc(cc1)Oc1ccc(cc1)Oc1ccc(cc1)Oc1ccc(cc1)Oc1ccc(cc1)Oc1ccc2cc1. The second-order valence-corrected chi connectivity index (χ2v) is 18.8. The van der Waals surface area contributed by atoms with Crippen molar-refractivity contribution < 1.29 is 28.4 Å². The topological polar surface area (TPSA) is 55.4 Å². The second-order valence-electron chi connectivity index (χ2n) is 18.8. The van der Waals surface area contributed by atoms with E-state index in [-0.39, 0.29) is 5.41 Å². The Morgan fingerprint density at radius 1 is 0.400 bits per heavy atom. The largest absolute Gasteiger partial charge is 0.472 e. The van der Waals surface area contributed by atoms with Gasteiger partial charge in [-0.25, -0.2) is 0 Å². The maximum absolute atomic E-state index is 7.80. The van der Waals surface area contributed by atoms with Crippen molar-refractivity contribution in [1.29, 1.82) is 0 Å². The fraction of sp³-hybridized carbons (Fsp3) is 0.156. The van der Waals surface area contributed by atoms with E-state index >= 15 is 0 Å². The van der Waals surface area contributed by atoms with Crippen LogP contribution in [0.15, 0.2) is 188 Å². The zero-order chi connectivity index (χ0) is 47.4. The second kappa shape index (κ2) is 17.4. The van der Waals surface area contributed by atoms with Gasteiger partial charge in [0.1, 0.15) is 63.2 Å². The van der Waals surface area contributed by atoms with E-state index in [0.29, 0.717) is 57.5 Å². The molecular weight excluding hydrogens is 865 g/mol. The average Bonchev–Trinajstić information content (AvgIpc) is 3.65. The highest BCUT2D eigenvalue weighted by Crippen LogP contribution is 2.61. The van der Waals surface area contributed by atoms with Gasteiger partial charge in [0.05, 0.1) is 0 Å². The molecule has 344 valence electrons. The fourth-order valence-corrected chi connectivity index (χ4v) is 10.9. The van der Waals surface area contributed by atoms with Crippen molar-refractivity contribution in [3.63, 3.8) is 0 Å². The number of rotatable bonds is 4. The van der Waals surface area contributed by atoms with Gasteiger partial charge in [0, 0.05) is 27.5 Å². The number of benzene rings is 9. The van der Waals surface area contributed by atoms with Crippen LogP contribution in [0, 0.1) is 13.8 Å². The summed E-state index contributed by atoms with van der Waals surface area (Å²) in [5.41, 5.74) is 9.96. The normalized spacial score (nSPS) is 14.5. The smallest absolute Gasteiger partial charge is 0.178 e. The molecule has 12 aliphatic rings. The molecule has 0 atom stereocenters. The third kappa shape index (κ3) is 7.61. The van der Waals surface area contributed by atoms with E-state index in [0.717, 1.165) is 47.9 Å². The molecule has 21 rings (SSSR count). The highest BCUT2D eigenvalue weighted by atomic mass is 16.5. The molecule has 11 heterocycles. The van der Waals surface area contributed by atoms with Gasteiger partial charge >= 0.3 is 0 Å². The molecule has 70 heavy (non-hydrogen) atoms. The Morgan fingerprint density at radius 2 is 0.771 bits per heavy atom. The summed E-state index contributed by atoms with van der Waals surface area (Å²) in [6, 6.07) is 60.9. The van der Waals surface area contributed by atoms with Gasteiger partial charge < -0.3 is 28.4 Å². The van der Waals surface area contributed by atoms with E-state index in [1.165, 1.54) is 44.3 Å². The van der Waals surface area contributed by atoms with Crippen LogP contribution >= 0.6 is 0 Å². The lowest BCUT2D eigenvalue weighted by atomic mass is 9.69. The van der Waals surface area contributed by atoms with Crippen LogP contribution < -0.4 is 28.4 Å². The maximum atomic E-state index is 7.80. The molecule has 0 N–H and O–H groups in total. The summed E-state index contributed by atoms with van der Waals surface area (Å²) in [4.78, 5) is 0. The van der Waals surface area contributed by atoms with Gasteiger partial charge in [-0.05, 0) is 188 Å². The van der Waals surface area contributed by atoms with Gasteiger partial charge in [0.2, 0.25) is 0 Å². The zero-order valence-electron chi connectivity index (χ0n) is 39.8.